The predicted molar refractivity (Wildman–Crippen MR) is 136 cm³/mol. The summed E-state index contributed by atoms with van der Waals surface area (Å²) in [5.74, 6) is 1.12. The third-order valence-electron chi connectivity index (χ3n) is 6.36. The molecule has 4 aromatic rings. The molecule has 2 aromatic carbocycles. The van der Waals surface area contributed by atoms with Crippen molar-refractivity contribution >= 4 is 28.6 Å². The number of piperazine rings is 1. The number of nitrogens with zero attached hydrogens (tertiary/aromatic N) is 5. The first-order valence-corrected chi connectivity index (χ1v) is 11.7. The van der Waals surface area contributed by atoms with Crippen LogP contribution >= 0.6 is 0 Å². The third-order valence-corrected chi connectivity index (χ3v) is 6.36. The van der Waals surface area contributed by atoms with Crippen LogP contribution in [0.2, 0.25) is 0 Å². The zero-order valence-electron chi connectivity index (χ0n) is 19.6. The van der Waals surface area contributed by atoms with Crippen LogP contribution in [0.15, 0.2) is 77.7 Å². The molecule has 35 heavy (non-hydrogen) atoms. The fourth-order valence-electron chi connectivity index (χ4n) is 4.46. The molecule has 1 fully saturated rings. The number of hydrogen-bond donors (Lipinski definition) is 0. The van der Waals surface area contributed by atoms with Crippen LogP contribution in [0.3, 0.4) is 0 Å². The zero-order chi connectivity index (χ0) is 24.2. The van der Waals surface area contributed by atoms with Gasteiger partial charge in [0.2, 0.25) is 5.95 Å². The number of rotatable bonds is 6. The molecule has 3 heterocycles. The van der Waals surface area contributed by atoms with Gasteiger partial charge in [-0.05, 0) is 42.3 Å². The van der Waals surface area contributed by atoms with Crippen LogP contribution in [-0.2, 0) is 17.7 Å². The second-order valence-electron chi connectivity index (χ2n) is 8.49. The molecular weight excluding hydrogens is 442 g/mol. The highest BCUT2D eigenvalue weighted by Crippen LogP contribution is 2.21. The van der Waals surface area contributed by atoms with Crippen molar-refractivity contribution in [3.05, 3.63) is 94.4 Å². The lowest BCUT2D eigenvalue weighted by Gasteiger charge is -2.36. The van der Waals surface area contributed by atoms with E-state index in [9.17, 15) is 9.59 Å². The topological polar surface area (TPSA) is 80.6 Å². The molecule has 1 saturated heterocycles. The van der Waals surface area contributed by atoms with Gasteiger partial charge >= 0.3 is 5.97 Å². The van der Waals surface area contributed by atoms with Crippen molar-refractivity contribution < 1.29 is 9.53 Å². The van der Waals surface area contributed by atoms with E-state index in [0.717, 1.165) is 30.9 Å². The highest BCUT2D eigenvalue weighted by molar-refractivity contribution is 5.94. The SMILES string of the molecule is COC(=O)c1ccc2c(=O)n(CCc3ccccc3)c(N3CCN(c4ccccn4)CC3)nc2c1. The number of aryl methyl sites for hydroxylation is 1. The van der Waals surface area contributed by atoms with E-state index in [1.54, 1.807) is 29.0 Å². The fourth-order valence-corrected chi connectivity index (χ4v) is 4.46. The number of methoxy groups -OCH3 is 1. The smallest absolute Gasteiger partial charge is 0.337 e. The van der Waals surface area contributed by atoms with Crippen molar-refractivity contribution in [1.29, 1.82) is 0 Å². The first-order valence-electron chi connectivity index (χ1n) is 11.7. The average molecular weight is 470 g/mol. The van der Waals surface area contributed by atoms with E-state index >= 15 is 0 Å². The summed E-state index contributed by atoms with van der Waals surface area (Å²) in [5.41, 5.74) is 1.92. The van der Waals surface area contributed by atoms with Crippen molar-refractivity contribution in [2.75, 3.05) is 43.1 Å². The Balaban J connectivity index is 1.50. The van der Waals surface area contributed by atoms with Crippen LogP contribution in [0.4, 0.5) is 11.8 Å². The zero-order valence-corrected chi connectivity index (χ0v) is 19.6. The van der Waals surface area contributed by atoms with Crippen molar-refractivity contribution in [3.8, 4) is 0 Å². The van der Waals surface area contributed by atoms with Crippen molar-refractivity contribution in [2.24, 2.45) is 0 Å². The van der Waals surface area contributed by atoms with Gasteiger partial charge < -0.3 is 14.5 Å². The summed E-state index contributed by atoms with van der Waals surface area (Å²) in [7, 11) is 1.34. The second-order valence-corrected chi connectivity index (χ2v) is 8.49. The molecule has 0 saturated carbocycles. The molecule has 8 nitrogen and oxygen atoms in total. The second kappa shape index (κ2) is 9.97. The van der Waals surface area contributed by atoms with Gasteiger partial charge in [0, 0.05) is 38.9 Å². The number of carbonyl (C=O) groups is 1. The van der Waals surface area contributed by atoms with Crippen molar-refractivity contribution in [1.82, 2.24) is 14.5 Å². The van der Waals surface area contributed by atoms with Gasteiger partial charge in [-0.3, -0.25) is 9.36 Å². The number of pyridine rings is 1. The maximum absolute atomic E-state index is 13.6. The van der Waals surface area contributed by atoms with Crippen LogP contribution < -0.4 is 15.4 Å². The summed E-state index contributed by atoms with van der Waals surface area (Å²) in [6, 6.07) is 20.9. The van der Waals surface area contributed by atoms with Gasteiger partial charge in [-0.1, -0.05) is 36.4 Å². The van der Waals surface area contributed by atoms with Crippen LogP contribution in [0.1, 0.15) is 15.9 Å². The molecule has 178 valence electrons. The highest BCUT2D eigenvalue weighted by Gasteiger charge is 2.23. The number of ether oxygens (including phenoxy) is 1. The molecule has 0 radical (unpaired) electrons. The first-order chi connectivity index (χ1) is 17.1. The Bertz CT molecular complexity index is 1380. The summed E-state index contributed by atoms with van der Waals surface area (Å²) in [6.45, 7) is 3.46. The maximum Gasteiger partial charge on any atom is 0.337 e. The molecule has 0 amide bonds. The molecule has 8 heteroatoms. The monoisotopic (exact) mass is 469 g/mol. The number of fused-ring (bicyclic) bond motifs is 1. The summed E-state index contributed by atoms with van der Waals surface area (Å²) >= 11 is 0. The van der Waals surface area contributed by atoms with Gasteiger partial charge in [0.1, 0.15) is 5.82 Å². The Morgan fingerprint density at radius 1 is 0.943 bits per heavy atom. The summed E-state index contributed by atoms with van der Waals surface area (Å²) in [6.07, 6.45) is 2.52. The van der Waals surface area contributed by atoms with Crippen LogP contribution in [-0.4, -0.2) is 53.8 Å². The average Bonchev–Trinajstić information content (AvgIpc) is 2.93. The quantitative estimate of drug-likeness (QED) is 0.401. The summed E-state index contributed by atoms with van der Waals surface area (Å²) < 4.78 is 6.62. The molecule has 0 N–H and O–H groups in total. The van der Waals surface area contributed by atoms with Crippen molar-refractivity contribution in [3.63, 3.8) is 0 Å². The van der Waals surface area contributed by atoms with E-state index in [1.807, 2.05) is 36.4 Å². The van der Waals surface area contributed by atoms with Gasteiger partial charge in [-0.25, -0.2) is 14.8 Å². The summed E-state index contributed by atoms with van der Waals surface area (Å²) in [4.78, 5) is 39.4. The van der Waals surface area contributed by atoms with Crippen LogP contribution in [0, 0.1) is 0 Å². The molecule has 0 spiro atoms. The predicted octanol–water partition coefficient (Wildman–Crippen LogP) is 3.15. The number of benzene rings is 2. The number of hydrogen-bond acceptors (Lipinski definition) is 7. The third kappa shape index (κ3) is 4.73. The molecule has 0 unspecified atom stereocenters. The number of esters is 1. The largest absolute Gasteiger partial charge is 0.465 e. The lowest BCUT2D eigenvalue weighted by Crippen LogP contribution is -2.48. The Kier molecular flexibility index (Phi) is 6.43. The highest BCUT2D eigenvalue weighted by atomic mass is 16.5. The molecule has 2 aromatic heterocycles. The molecule has 5 rings (SSSR count). The minimum absolute atomic E-state index is 0.107. The van der Waals surface area contributed by atoms with Gasteiger partial charge in [-0.2, -0.15) is 0 Å². The van der Waals surface area contributed by atoms with Gasteiger partial charge in [0.15, 0.2) is 0 Å². The Morgan fingerprint density at radius 3 is 2.40 bits per heavy atom. The Labute approximate surface area is 203 Å². The van der Waals surface area contributed by atoms with E-state index < -0.39 is 5.97 Å². The Hall–Kier alpha value is -4.20. The maximum atomic E-state index is 13.6. The lowest BCUT2D eigenvalue weighted by atomic mass is 10.1. The fraction of sp³-hybridized carbons (Fsp3) is 0.259. The molecule has 0 bridgehead atoms. The minimum atomic E-state index is -0.451. The van der Waals surface area contributed by atoms with E-state index in [1.165, 1.54) is 7.11 Å². The van der Waals surface area contributed by atoms with Crippen LogP contribution in [0.5, 0.6) is 0 Å². The minimum Gasteiger partial charge on any atom is -0.465 e. The number of aromatic nitrogens is 3. The van der Waals surface area contributed by atoms with Gasteiger partial charge in [0.05, 0.1) is 23.6 Å². The molecule has 1 aliphatic rings. The van der Waals surface area contributed by atoms with E-state index in [-0.39, 0.29) is 5.56 Å². The van der Waals surface area contributed by atoms with Gasteiger partial charge in [-0.15, -0.1) is 0 Å². The normalized spacial score (nSPS) is 13.7. The Morgan fingerprint density at radius 2 is 1.69 bits per heavy atom. The first kappa shape index (κ1) is 22.6. The van der Waals surface area contributed by atoms with Crippen LogP contribution in [0.25, 0.3) is 10.9 Å². The van der Waals surface area contributed by atoms with Gasteiger partial charge in [0.25, 0.3) is 5.56 Å². The van der Waals surface area contributed by atoms with E-state index in [4.69, 9.17) is 9.72 Å². The number of anilines is 2. The molecule has 0 aliphatic carbocycles. The molecular formula is C27H27N5O3. The molecule has 0 atom stereocenters. The molecule has 1 aliphatic heterocycles. The lowest BCUT2D eigenvalue weighted by molar-refractivity contribution is 0.0601. The van der Waals surface area contributed by atoms with Crippen molar-refractivity contribution in [2.45, 2.75) is 13.0 Å². The number of carbonyl (C=O) groups excluding carboxylic acids is 1. The van der Waals surface area contributed by atoms with E-state index in [0.29, 0.717) is 42.0 Å². The standard InChI is InChI=1S/C27H27N5O3/c1-35-26(34)21-10-11-22-23(19-21)29-27(32(25(22)33)14-12-20-7-3-2-4-8-20)31-17-15-30(16-18-31)24-9-5-6-13-28-24/h2-11,13,19H,12,14-18H2,1H3. The van der Waals surface area contributed by atoms with E-state index in [2.05, 4.69) is 26.9 Å². The summed E-state index contributed by atoms with van der Waals surface area (Å²) in [5, 5.41) is 0.488.